The molecule has 2 N–H and O–H groups in total. The molecule has 6 heteroatoms. The summed E-state index contributed by atoms with van der Waals surface area (Å²) in [7, 11) is 0. The highest BCUT2D eigenvalue weighted by molar-refractivity contribution is 5.78. The Morgan fingerprint density at radius 3 is 2.24 bits per heavy atom. The first-order valence-electron chi connectivity index (χ1n) is 9.61. The fourth-order valence-electron chi connectivity index (χ4n) is 3.32. The predicted molar refractivity (Wildman–Crippen MR) is 102 cm³/mol. The third-order valence-electron chi connectivity index (χ3n) is 5.35. The van der Waals surface area contributed by atoms with Crippen LogP contribution in [0.4, 0.5) is 4.79 Å². The number of rotatable bonds is 2. The molecular weight excluding hydrogens is 316 g/mol. The molecule has 0 spiro atoms. The monoisotopic (exact) mass is 352 g/mol. The van der Waals surface area contributed by atoms with Crippen molar-refractivity contribution in [1.29, 1.82) is 0 Å². The van der Waals surface area contributed by atoms with Crippen molar-refractivity contribution in [1.82, 2.24) is 9.80 Å². The molecule has 1 amide bonds. The lowest BCUT2D eigenvalue weighted by molar-refractivity contribution is 0.0127. The molecule has 144 valence electrons. The van der Waals surface area contributed by atoms with Gasteiger partial charge in [0, 0.05) is 32.7 Å². The molecule has 0 aromatic rings. The topological polar surface area (TPSA) is 71.2 Å². The molecule has 0 bridgehead atoms. The highest BCUT2D eigenvalue weighted by atomic mass is 16.6. The number of carbonyl (C=O) groups excluding carboxylic acids is 1. The molecule has 2 saturated heterocycles. The number of hydrogen-bond donors (Lipinski definition) is 1. The third-order valence-corrected chi connectivity index (χ3v) is 5.35. The average Bonchev–Trinajstić information content (AvgIpc) is 2.52. The second-order valence-electron chi connectivity index (χ2n) is 9.12. The summed E-state index contributed by atoms with van der Waals surface area (Å²) in [4.78, 5) is 20.9. The number of amides is 1. The Labute approximate surface area is 152 Å². The van der Waals surface area contributed by atoms with Crippen LogP contribution in [0, 0.1) is 11.3 Å². The van der Waals surface area contributed by atoms with Crippen LogP contribution in [0.3, 0.4) is 0 Å². The number of ether oxygens (including phenoxy) is 1. The summed E-state index contributed by atoms with van der Waals surface area (Å²) in [6.07, 6.45) is 4.04. The van der Waals surface area contributed by atoms with Gasteiger partial charge in [-0.1, -0.05) is 13.8 Å². The van der Waals surface area contributed by atoms with Gasteiger partial charge >= 0.3 is 6.09 Å². The molecular formula is C19H36N4O2. The van der Waals surface area contributed by atoms with Crippen molar-refractivity contribution < 1.29 is 9.53 Å². The maximum atomic E-state index is 12.2. The largest absolute Gasteiger partial charge is 0.444 e. The number of hydrogen-bond acceptors (Lipinski definition) is 3. The lowest BCUT2D eigenvalue weighted by Gasteiger charge is -2.39. The summed E-state index contributed by atoms with van der Waals surface area (Å²) in [5.41, 5.74) is 5.87. The minimum Gasteiger partial charge on any atom is -0.444 e. The number of aliphatic imine (C=N–C) groups is 1. The van der Waals surface area contributed by atoms with Gasteiger partial charge in [-0.2, -0.15) is 0 Å². The van der Waals surface area contributed by atoms with Gasteiger partial charge in [-0.15, -0.1) is 0 Å². The Morgan fingerprint density at radius 1 is 1.16 bits per heavy atom. The van der Waals surface area contributed by atoms with Crippen LogP contribution in [0.25, 0.3) is 0 Å². The molecule has 0 radical (unpaired) electrons. The minimum absolute atomic E-state index is 0.103. The number of piperidine rings is 2. The zero-order chi connectivity index (χ0) is 18.7. The van der Waals surface area contributed by atoms with Crippen molar-refractivity contribution in [2.24, 2.45) is 22.1 Å². The van der Waals surface area contributed by atoms with Gasteiger partial charge in [0.05, 0.1) is 0 Å². The standard InChI is InChI=1S/C19H36N4O2/c1-15-6-10-22(11-7-15)16(20)21-14-19(5)8-12-23(13-9-19)17(24)25-18(2,3)4/h15H,6-14H2,1-5H3,(H2,20,21). The maximum Gasteiger partial charge on any atom is 0.410 e. The van der Waals surface area contributed by atoms with Gasteiger partial charge in [0.15, 0.2) is 5.96 Å². The van der Waals surface area contributed by atoms with E-state index in [0.717, 1.165) is 51.5 Å². The molecule has 2 aliphatic rings. The van der Waals surface area contributed by atoms with Gasteiger partial charge in [-0.05, 0) is 57.8 Å². The molecule has 2 rings (SSSR count). The van der Waals surface area contributed by atoms with Crippen molar-refractivity contribution in [3.63, 3.8) is 0 Å². The fraction of sp³-hybridized carbons (Fsp3) is 0.895. The first-order chi connectivity index (χ1) is 11.6. The van der Waals surface area contributed by atoms with Crippen molar-refractivity contribution in [2.45, 2.75) is 65.9 Å². The molecule has 2 fully saturated rings. The molecule has 6 nitrogen and oxygen atoms in total. The van der Waals surface area contributed by atoms with Crippen LogP contribution in [0.15, 0.2) is 4.99 Å². The predicted octanol–water partition coefficient (Wildman–Crippen LogP) is 3.07. The third kappa shape index (κ3) is 6.08. The highest BCUT2D eigenvalue weighted by Gasteiger charge is 2.33. The second-order valence-corrected chi connectivity index (χ2v) is 9.12. The lowest BCUT2D eigenvalue weighted by Crippen LogP contribution is -2.46. The molecule has 2 aliphatic heterocycles. The number of nitrogens with zero attached hydrogens (tertiary/aromatic N) is 3. The van der Waals surface area contributed by atoms with E-state index < -0.39 is 5.60 Å². The van der Waals surface area contributed by atoms with E-state index in [9.17, 15) is 4.79 Å². The van der Waals surface area contributed by atoms with Crippen LogP contribution in [-0.2, 0) is 4.74 Å². The first-order valence-corrected chi connectivity index (χ1v) is 9.61. The van der Waals surface area contributed by atoms with Gasteiger partial charge in [-0.25, -0.2) is 4.79 Å². The first kappa shape index (κ1) is 19.9. The molecule has 0 unspecified atom stereocenters. The molecule has 0 aromatic carbocycles. The molecule has 0 atom stereocenters. The number of nitrogens with two attached hydrogens (primary N) is 1. The van der Waals surface area contributed by atoms with Crippen molar-refractivity contribution in [2.75, 3.05) is 32.7 Å². The maximum absolute atomic E-state index is 12.2. The molecule has 2 heterocycles. The fourth-order valence-corrected chi connectivity index (χ4v) is 3.32. The minimum atomic E-state index is -0.442. The van der Waals surface area contributed by atoms with E-state index in [-0.39, 0.29) is 11.5 Å². The van der Waals surface area contributed by atoms with Gasteiger partial charge < -0.3 is 20.3 Å². The highest BCUT2D eigenvalue weighted by Crippen LogP contribution is 2.32. The van der Waals surface area contributed by atoms with Crippen LogP contribution in [0.2, 0.25) is 0 Å². The van der Waals surface area contributed by atoms with Gasteiger partial charge in [0.25, 0.3) is 0 Å². The summed E-state index contributed by atoms with van der Waals surface area (Å²) in [6.45, 7) is 14.4. The van der Waals surface area contributed by atoms with Gasteiger partial charge in [-0.3, -0.25) is 4.99 Å². The van der Waals surface area contributed by atoms with E-state index in [0.29, 0.717) is 5.96 Å². The van der Waals surface area contributed by atoms with Gasteiger partial charge in [0.2, 0.25) is 0 Å². The number of likely N-dealkylation sites (tertiary alicyclic amines) is 2. The van der Waals surface area contributed by atoms with Crippen molar-refractivity contribution >= 4 is 12.1 Å². The Kier molecular flexibility index (Phi) is 6.22. The van der Waals surface area contributed by atoms with E-state index in [1.807, 2.05) is 25.7 Å². The van der Waals surface area contributed by atoms with E-state index >= 15 is 0 Å². The SMILES string of the molecule is CC1CCN(C(N)=NCC2(C)CCN(C(=O)OC(C)(C)C)CC2)CC1. The summed E-state index contributed by atoms with van der Waals surface area (Å²) in [5.74, 6) is 1.47. The van der Waals surface area contributed by atoms with E-state index in [4.69, 9.17) is 10.5 Å². The summed E-state index contributed by atoms with van der Waals surface area (Å²) in [6, 6.07) is 0. The Morgan fingerprint density at radius 2 is 1.72 bits per heavy atom. The van der Waals surface area contributed by atoms with Crippen LogP contribution in [0.5, 0.6) is 0 Å². The van der Waals surface area contributed by atoms with Gasteiger partial charge in [0.1, 0.15) is 5.60 Å². The van der Waals surface area contributed by atoms with Crippen molar-refractivity contribution in [3.8, 4) is 0 Å². The Balaban J connectivity index is 1.82. The lowest BCUT2D eigenvalue weighted by atomic mass is 9.80. The molecule has 0 aliphatic carbocycles. The number of guanidine groups is 1. The molecule has 25 heavy (non-hydrogen) atoms. The summed E-state index contributed by atoms with van der Waals surface area (Å²) >= 11 is 0. The van der Waals surface area contributed by atoms with E-state index in [2.05, 4.69) is 23.7 Å². The normalized spacial score (nSPS) is 22.8. The average molecular weight is 353 g/mol. The summed E-state index contributed by atoms with van der Waals surface area (Å²) < 4.78 is 5.46. The van der Waals surface area contributed by atoms with Crippen LogP contribution in [-0.4, -0.2) is 60.2 Å². The Hall–Kier alpha value is -1.46. The number of carbonyl (C=O) groups is 1. The van der Waals surface area contributed by atoms with Crippen LogP contribution >= 0.6 is 0 Å². The van der Waals surface area contributed by atoms with Crippen LogP contribution < -0.4 is 5.73 Å². The molecule has 0 aromatic heterocycles. The van der Waals surface area contributed by atoms with E-state index in [1.165, 1.54) is 12.8 Å². The summed E-state index contributed by atoms with van der Waals surface area (Å²) in [5, 5.41) is 0. The van der Waals surface area contributed by atoms with E-state index in [1.54, 1.807) is 0 Å². The second kappa shape index (κ2) is 7.83. The quantitative estimate of drug-likeness (QED) is 0.612. The zero-order valence-electron chi connectivity index (χ0n) is 16.7. The molecule has 0 saturated carbocycles. The van der Waals surface area contributed by atoms with Crippen molar-refractivity contribution in [3.05, 3.63) is 0 Å². The zero-order valence-corrected chi connectivity index (χ0v) is 16.7. The Bertz CT molecular complexity index is 482. The van der Waals surface area contributed by atoms with Crippen LogP contribution in [0.1, 0.15) is 60.3 Å². The smallest absolute Gasteiger partial charge is 0.410 e.